The smallest absolute Gasteiger partial charge is 0.327 e. The van der Waals surface area contributed by atoms with Crippen LogP contribution in [0.25, 0.3) is 0 Å². The van der Waals surface area contributed by atoms with Gasteiger partial charge in [-0.15, -0.1) is 23.1 Å². The van der Waals surface area contributed by atoms with Gasteiger partial charge in [-0.2, -0.15) is 0 Å². The Hall–Kier alpha value is -1.54. The molecule has 2 N–H and O–H groups in total. The Morgan fingerprint density at radius 3 is 2.90 bits per heavy atom. The van der Waals surface area contributed by atoms with E-state index in [0.29, 0.717) is 16.5 Å². The Labute approximate surface area is 124 Å². The third-order valence-corrected chi connectivity index (χ3v) is 4.74. The average molecular weight is 314 g/mol. The number of carbonyl (C=O) groups excluding carboxylic acids is 2. The minimum Gasteiger partial charge on any atom is -0.480 e. The summed E-state index contributed by atoms with van der Waals surface area (Å²) in [6, 6.07) is 2.74. The van der Waals surface area contributed by atoms with Crippen molar-refractivity contribution in [1.29, 1.82) is 0 Å². The number of thioether (sulfide) groups is 1. The summed E-state index contributed by atoms with van der Waals surface area (Å²) in [5.74, 6) is -0.615. The second kappa shape index (κ2) is 6.76. The Balaban J connectivity index is 1.78. The van der Waals surface area contributed by atoms with E-state index in [2.05, 4.69) is 5.32 Å². The maximum absolute atomic E-state index is 11.9. The molecule has 1 aliphatic rings. The number of carboxylic acid groups (broad SMARTS) is 1. The van der Waals surface area contributed by atoms with Gasteiger partial charge < -0.3 is 15.3 Å². The van der Waals surface area contributed by atoms with Gasteiger partial charge in [-0.3, -0.25) is 9.59 Å². The van der Waals surface area contributed by atoms with Gasteiger partial charge in [-0.05, 0) is 11.4 Å². The van der Waals surface area contributed by atoms with Crippen molar-refractivity contribution in [1.82, 2.24) is 10.2 Å². The van der Waals surface area contributed by atoms with Crippen molar-refractivity contribution in [3.63, 3.8) is 0 Å². The molecule has 0 aliphatic carbocycles. The molecule has 108 valence electrons. The lowest BCUT2D eigenvalue weighted by Crippen LogP contribution is -2.42. The summed E-state index contributed by atoms with van der Waals surface area (Å²) in [7, 11) is 0. The second-order valence-electron chi connectivity index (χ2n) is 4.20. The molecule has 0 aromatic carbocycles. The van der Waals surface area contributed by atoms with E-state index in [0.717, 1.165) is 0 Å². The molecule has 1 aliphatic heterocycles. The molecule has 0 radical (unpaired) electrons. The molecule has 1 saturated heterocycles. The van der Waals surface area contributed by atoms with Gasteiger partial charge in [0.2, 0.25) is 5.91 Å². The largest absolute Gasteiger partial charge is 0.480 e. The van der Waals surface area contributed by atoms with E-state index < -0.39 is 12.0 Å². The number of rotatable bonds is 5. The van der Waals surface area contributed by atoms with Crippen LogP contribution in [0, 0.1) is 0 Å². The fraction of sp³-hybridized carbons (Fsp3) is 0.417. The lowest BCUT2D eigenvalue weighted by atomic mass is 10.2. The fourth-order valence-electron chi connectivity index (χ4n) is 1.81. The van der Waals surface area contributed by atoms with Crippen molar-refractivity contribution in [2.45, 2.75) is 12.5 Å². The molecule has 2 rings (SSSR count). The molecule has 1 atom stereocenters. The van der Waals surface area contributed by atoms with E-state index in [4.69, 9.17) is 5.11 Å². The van der Waals surface area contributed by atoms with Gasteiger partial charge in [0, 0.05) is 18.7 Å². The highest BCUT2D eigenvalue weighted by Gasteiger charge is 2.34. The lowest BCUT2D eigenvalue weighted by Gasteiger charge is -2.20. The first-order valence-corrected chi connectivity index (χ1v) is 8.04. The Morgan fingerprint density at radius 2 is 2.25 bits per heavy atom. The number of nitrogens with one attached hydrogen (secondary N) is 1. The SMILES string of the molecule is O=C(NCCC(=O)N1CSCC1C(=O)O)c1cccs1. The second-order valence-corrected chi connectivity index (χ2v) is 6.15. The van der Waals surface area contributed by atoms with Crippen LogP contribution in [0.2, 0.25) is 0 Å². The predicted octanol–water partition coefficient (Wildman–Crippen LogP) is 0.854. The van der Waals surface area contributed by atoms with Gasteiger partial charge in [0.05, 0.1) is 10.8 Å². The zero-order valence-corrected chi connectivity index (χ0v) is 12.2. The quantitative estimate of drug-likeness (QED) is 0.841. The third kappa shape index (κ3) is 3.51. The third-order valence-electron chi connectivity index (χ3n) is 2.86. The van der Waals surface area contributed by atoms with Crippen molar-refractivity contribution in [3.05, 3.63) is 22.4 Å². The van der Waals surface area contributed by atoms with E-state index >= 15 is 0 Å². The number of hydrogen-bond acceptors (Lipinski definition) is 5. The maximum atomic E-state index is 11.9. The van der Waals surface area contributed by atoms with Crippen LogP contribution < -0.4 is 5.32 Å². The average Bonchev–Trinajstić information content (AvgIpc) is 3.09. The molecule has 0 bridgehead atoms. The minimum absolute atomic E-state index is 0.113. The molecule has 1 unspecified atom stereocenters. The molecule has 0 saturated carbocycles. The minimum atomic E-state index is -0.981. The number of amides is 2. The molecule has 6 nitrogen and oxygen atoms in total. The molecule has 1 aromatic heterocycles. The Kier molecular flexibility index (Phi) is 5.02. The van der Waals surface area contributed by atoms with Crippen molar-refractivity contribution in [2.75, 3.05) is 18.2 Å². The summed E-state index contributed by atoms with van der Waals surface area (Å²) in [6.45, 7) is 0.211. The standard InChI is InChI=1S/C12H14N2O4S2/c15-10(14-7-19-6-8(14)12(17)18)3-4-13-11(16)9-2-1-5-20-9/h1-2,5,8H,3-4,6-7H2,(H,13,16)(H,17,18). The molecule has 1 fully saturated rings. The van der Waals surface area contributed by atoms with Crippen LogP contribution in [0.5, 0.6) is 0 Å². The van der Waals surface area contributed by atoms with Crippen molar-refractivity contribution in [2.24, 2.45) is 0 Å². The van der Waals surface area contributed by atoms with E-state index in [-0.39, 0.29) is 24.8 Å². The molecule has 8 heteroatoms. The summed E-state index contributed by atoms with van der Waals surface area (Å²) in [5.41, 5.74) is 0. The molecule has 1 aromatic rings. The van der Waals surface area contributed by atoms with Crippen LogP contribution in [0.4, 0.5) is 0 Å². The molecule has 0 spiro atoms. The lowest BCUT2D eigenvalue weighted by molar-refractivity contribution is -0.147. The highest BCUT2D eigenvalue weighted by Crippen LogP contribution is 2.21. The van der Waals surface area contributed by atoms with Crippen LogP contribution in [-0.4, -0.2) is 52.0 Å². The highest BCUT2D eigenvalue weighted by molar-refractivity contribution is 7.99. The first kappa shape index (κ1) is 14.9. The van der Waals surface area contributed by atoms with Crippen molar-refractivity contribution < 1.29 is 19.5 Å². The van der Waals surface area contributed by atoms with Crippen LogP contribution >= 0.6 is 23.1 Å². The van der Waals surface area contributed by atoms with Gasteiger partial charge >= 0.3 is 5.97 Å². The van der Waals surface area contributed by atoms with Crippen LogP contribution in [-0.2, 0) is 9.59 Å². The highest BCUT2D eigenvalue weighted by atomic mass is 32.2. The van der Waals surface area contributed by atoms with E-state index in [1.165, 1.54) is 28.0 Å². The van der Waals surface area contributed by atoms with Gasteiger partial charge in [0.15, 0.2) is 0 Å². The zero-order valence-electron chi connectivity index (χ0n) is 10.6. The van der Waals surface area contributed by atoms with Crippen LogP contribution in [0.15, 0.2) is 17.5 Å². The van der Waals surface area contributed by atoms with Crippen molar-refractivity contribution >= 4 is 40.9 Å². The molecular formula is C12H14N2O4S2. The van der Waals surface area contributed by atoms with Crippen molar-refractivity contribution in [3.8, 4) is 0 Å². The molecule has 2 heterocycles. The molecular weight excluding hydrogens is 300 g/mol. The maximum Gasteiger partial charge on any atom is 0.327 e. The Bertz CT molecular complexity index is 504. The van der Waals surface area contributed by atoms with Gasteiger partial charge in [0.1, 0.15) is 6.04 Å². The Morgan fingerprint density at radius 1 is 1.45 bits per heavy atom. The number of nitrogens with zero attached hydrogens (tertiary/aromatic N) is 1. The zero-order chi connectivity index (χ0) is 14.5. The topological polar surface area (TPSA) is 86.7 Å². The van der Waals surface area contributed by atoms with Gasteiger partial charge in [0.25, 0.3) is 5.91 Å². The van der Waals surface area contributed by atoms with Gasteiger partial charge in [-0.1, -0.05) is 6.07 Å². The van der Waals surface area contributed by atoms with Crippen LogP contribution in [0.3, 0.4) is 0 Å². The summed E-state index contributed by atoms with van der Waals surface area (Å²) < 4.78 is 0. The van der Waals surface area contributed by atoms with E-state index in [1.54, 1.807) is 17.5 Å². The summed E-state index contributed by atoms with van der Waals surface area (Å²) in [5, 5.41) is 13.5. The first-order valence-electron chi connectivity index (χ1n) is 6.01. The van der Waals surface area contributed by atoms with Crippen LogP contribution in [0.1, 0.15) is 16.1 Å². The first-order chi connectivity index (χ1) is 9.59. The number of hydrogen-bond donors (Lipinski definition) is 2. The number of carboxylic acids is 1. The number of carbonyl (C=O) groups is 3. The fourth-order valence-corrected chi connectivity index (χ4v) is 3.63. The normalized spacial score (nSPS) is 18.0. The van der Waals surface area contributed by atoms with E-state index in [1.807, 2.05) is 0 Å². The van der Waals surface area contributed by atoms with Gasteiger partial charge in [-0.25, -0.2) is 4.79 Å². The monoisotopic (exact) mass is 314 g/mol. The van der Waals surface area contributed by atoms with E-state index in [9.17, 15) is 14.4 Å². The number of aliphatic carboxylic acids is 1. The number of thiophene rings is 1. The summed E-state index contributed by atoms with van der Waals surface area (Å²) >= 11 is 2.75. The molecule has 2 amide bonds. The molecule has 20 heavy (non-hydrogen) atoms. The predicted molar refractivity (Wildman–Crippen MR) is 76.9 cm³/mol. The summed E-state index contributed by atoms with van der Waals surface area (Å²) in [6.07, 6.45) is 0.113. The summed E-state index contributed by atoms with van der Waals surface area (Å²) in [4.78, 5) is 36.5.